The van der Waals surface area contributed by atoms with Crippen molar-refractivity contribution in [3.8, 4) is 0 Å². The van der Waals surface area contributed by atoms with E-state index in [1.807, 2.05) is 40.2 Å². The number of nitrogens with zero attached hydrogens (tertiary/aromatic N) is 10. The molecule has 0 atom stereocenters. The van der Waals surface area contributed by atoms with Crippen LogP contribution in [0.2, 0.25) is 0 Å². The maximum absolute atomic E-state index is 4.73. The first kappa shape index (κ1) is 18.7. The van der Waals surface area contributed by atoms with Crippen molar-refractivity contribution in [2.75, 3.05) is 37.0 Å². The van der Waals surface area contributed by atoms with E-state index >= 15 is 0 Å². The smallest absolute Gasteiger partial charge is 0.254 e. The van der Waals surface area contributed by atoms with E-state index in [-0.39, 0.29) is 0 Å². The van der Waals surface area contributed by atoms with Gasteiger partial charge in [-0.05, 0) is 30.9 Å². The van der Waals surface area contributed by atoms with Gasteiger partial charge in [-0.1, -0.05) is 13.8 Å². The highest BCUT2D eigenvalue weighted by molar-refractivity contribution is 5.49. The van der Waals surface area contributed by atoms with Crippen LogP contribution in [0.5, 0.6) is 0 Å². The summed E-state index contributed by atoms with van der Waals surface area (Å²) in [7, 11) is 3.98. The molecule has 1 fully saturated rings. The van der Waals surface area contributed by atoms with E-state index in [9.17, 15) is 0 Å². The Morgan fingerprint density at radius 2 is 1.87 bits per heavy atom. The number of piperidine rings is 1. The zero-order chi connectivity index (χ0) is 20.8. The second-order valence-corrected chi connectivity index (χ2v) is 8.34. The summed E-state index contributed by atoms with van der Waals surface area (Å²) in [6, 6.07) is 6.08. The third-order valence-corrected chi connectivity index (χ3v) is 5.76. The number of hydrogen-bond donors (Lipinski definition) is 0. The minimum atomic E-state index is 0.318. The fourth-order valence-corrected chi connectivity index (χ4v) is 3.99. The summed E-state index contributed by atoms with van der Waals surface area (Å²) >= 11 is 0. The van der Waals surface area contributed by atoms with Gasteiger partial charge in [-0.25, -0.2) is 4.98 Å². The summed E-state index contributed by atoms with van der Waals surface area (Å²) < 4.78 is 3.73. The molecule has 0 saturated carbocycles. The molecule has 10 heteroatoms. The zero-order valence-electron chi connectivity index (χ0n) is 17.8. The van der Waals surface area contributed by atoms with Gasteiger partial charge in [0.1, 0.15) is 18.0 Å². The largest absolute Gasteiger partial charge is 0.361 e. The summed E-state index contributed by atoms with van der Waals surface area (Å²) in [5, 5.41) is 17.9. The molecule has 30 heavy (non-hydrogen) atoms. The standard InChI is InChI=1S/C20H26N10/c1-13(2)15-11-18(30-20(23-15)21-12-22-30)28-9-7-14(8-10-28)19-25-24-16-5-6-17(27(3)4)26-29(16)19/h5-6,11-14H,7-10H2,1-4H3. The van der Waals surface area contributed by atoms with Gasteiger partial charge in [0.2, 0.25) is 0 Å². The van der Waals surface area contributed by atoms with Crippen LogP contribution in [0.3, 0.4) is 0 Å². The zero-order valence-corrected chi connectivity index (χ0v) is 17.8. The molecule has 156 valence electrons. The molecule has 0 spiro atoms. The van der Waals surface area contributed by atoms with Gasteiger partial charge in [0.15, 0.2) is 11.5 Å². The fraction of sp³-hybridized carbons (Fsp3) is 0.500. The number of anilines is 2. The van der Waals surface area contributed by atoms with Crippen molar-refractivity contribution < 1.29 is 0 Å². The maximum Gasteiger partial charge on any atom is 0.254 e. The molecule has 1 aliphatic rings. The number of rotatable bonds is 4. The molecule has 0 aliphatic carbocycles. The minimum Gasteiger partial charge on any atom is -0.361 e. The van der Waals surface area contributed by atoms with Crippen LogP contribution in [-0.4, -0.2) is 66.6 Å². The average Bonchev–Trinajstić information content (AvgIpc) is 3.39. The molecule has 4 aromatic rings. The van der Waals surface area contributed by atoms with Crippen molar-refractivity contribution in [2.45, 2.75) is 38.5 Å². The highest BCUT2D eigenvalue weighted by atomic mass is 15.4. The molecule has 0 N–H and O–H groups in total. The number of fused-ring (bicyclic) bond motifs is 2. The fourth-order valence-electron chi connectivity index (χ4n) is 3.99. The van der Waals surface area contributed by atoms with Crippen LogP contribution in [0.15, 0.2) is 24.5 Å². The van der Waals surface area contributed by atoms with E-state index in [2.05, 4.69) is 50.1 Å². The molecule has 1 saturated heterocycles. The highest BCUT2D eigenvalue weighted by Crippen LogP contribution is 2.30. The lowest BCUT2D eigenvalue weighted by molar-refractivity contribution is 0.473. The van der Waals surface area contributed by atoms with Crippen LogP contribution in [-0.2, 0) is 0 Å². The monoisotopic (exact) mass is 406 g/mol. The summed E-state index contributed by atoms with van der Waals surface area (Å²) in [5.74, 6) is 4.20. The Balaban J connectivity index is 1.41. The first-order valence-electron chi connectivity index (χ1n) is 10.4. The predicted octanol–water partition coefficient (Wildman–Crippen LogP) is 2.14. The van der Waals surface area contributed by atoms with Crippen molar-refractivity contribution in [1.29, 1.82) is 0 Å². The summed E-state index contributed by atoms with van der Waals surface area (Å²) in [5.41, 5.74) is 1.83. The van der Waals surface area contributed by atoms with E-state index in [1.54, 1.807) is 6.33 Å². The average molecular weight is 406 g/mol. The molecule has 0 amide bonds. The first-order valence-corrected chi connectivity index (χ1v) is 10.4. The molecule has 0 unspecified atom stereocenters. The van der Waals surface area contributed by atoms with Crippen molar-refractivity contribution in [3.05, 3.63) is 36.0 Å². The molecule has 5 rings (SSSR count). The third kappa shape index (κ3) is 3.12. The number of aromatic nitrogens is 8. The number of hydrogen-bond acceptors (Lipinski definition) is 8. The molecule has 10 nitrogen and oxygen atoms in total. The Hall–Kier alpha value is -3.30. The maximum atomic E-state index is 4.73. The Morgan fingerprint density at radius 1 is 1.07 bits per heavy atom. The van der Waals surface area contributed by atoms with E-state index in [0.717, 1.165) is 54.7 Å². The summed E-state index contributed by atoms with van der Waals surface area (Å²) in [6.45, 7) is 6.11. The summed E-state index contributed by atoms with van der Waals surface area (Å²) in [6.07, 6.45) is 3.52. The Labute approximate surface area is 174 Å². The van der Waals surface area contributed by atoms with Crippen LogP contribution >= 0.6 is 0 Å². The van der Waals surface area contributed by atoms with E-state index in [0.29, 0.717) is 17.6 Å². The second-order valence-electron chi connectivity index (χ2n) is 8.34. The molecular weight excluding hydrogens is 380 g/mol. The predicted molar refractivity (Wildman–Crippen MR) is 114 cm³/mol. The Bertz CT molecular complexity index is 1180. The Kier molecular flexibility index (Phi) is 4.48. The second kappa shape index (κ2) is 7.19. The van der Waals surface area contributed by atoms with E-state index in [4.69, 9.17) is 5.10 Å². The molecule has 0 aromatic carbocycles. The van der Waals surface area contributed by atoms with Crippen molar-refractivity contribution in [1.82, 2.24) is 39.4 Å². The molecule has 1 aliphatic heterocycles. The van der Waals surface area contributed by atoms with Gasteiger partial charge >= 0.3 is 0 Å². The molecule has 0 bridgehead atoms. The van der Waals surface area contributed by atoms with Crippen LogP contribution in [0.1, 0.15) is 50.0 Å². The van der Waals surface area contributed by atoms with Crippen LogP contribution < -0.4 is 9.80 Å². The van der Waals surface area contributed by atoms with Gasteiger partial charge in [0, 0.05) is 39.2 Å². The topological polar surface area (TPSA) is 92.6 Å². The molecular formula is C20H26N10. The lowest BCUT2D eigenvalue weighted by Gasteiger charge is -2.32. The van der Waals surface area contributed by atoms with Gasteiger partial charge in [-0.2, -0.15) is 19.1 Å². The van der Waals surface area contributed by atoms with Crippen molar-refractivity contribution in [3.63, 3.8) is 0 Å². The third-order valence-electron chi connectivity index (χ3n) is 5.76. The SMILES string of the molecule is CC(C)c1cc(N2CCC(c3nnc4ccc(N(C)C)nn34)CC2)n2ncnc2n1. The van der Waals surface area contributed by atoms with E-state index in [1.165, 1.54) is 0 Å². The molecule has 4 aromatic heterocycles. The van der Waals surface area contributed by atoms with E-state index < -0.39 is 0 Å². The Morgan fingerprint density at radius 3 is 2.60 bits per heavy atom. The van der Waals surface area contributed by atoms with Crippen molar-refractivity contribution in [2.24, 2.45) is 0 Å². The van der Waals surface area contributed by atoms with Gasteiger partial charge < -0.3 is 9.80 Å². The quantitative estimate of drug-likeness (QED) is 0.509. The van der Waals surface area contributed by atoms with Gasteiger partial charge in [-0.3, -0.25) is 0 Å². The van der Waals surface area contributed by atoms with Crippen LogP contribution in [0, 0.1) is 0 Å². The minimum absolute atomic E-state index is 0.318. The molecule has 0 radical (unpaired) electrons. The normalized spacial score (nSPS) is 15.6. The van der Waals surface area contributed by atoms with Gasteiger partial charge in [0.25, 0.3) is 5.78 Å². The first-order chi connectivity index (χ1) is 14.5. The van der Waals surface area contributed by atoms with Crippen LogP contribution in [0.25, 0.3) is 11.4 Å². The highest BCUT2D eigenvalue weighted by Gasteiger charge is 2.27. The molecule has 5 heterocycles. The van der Waals surface area contributed by atoms with Crippen LogP contribution in [0.4, 0.5) is 11.6 Å². The lowest BCUT2D eigenvalue weighted by Crippen LogP contribution is -2.35. The summed E-state index contributed by atoms with van der Waals surface area (Å²) in [4.78, 5) is 13.3. The lowest BCUT2D eigenvalue weighted by atomic mass is 9.96. The van der Waals surface area contributed by atoms with Gasteiger partial charge in [0.05, 0.1) is 5.69 Å². The van der Waals surface area contributed by atoms with Crippen molar-refractivity contribution >= 4 is 23.1 Å². The van der Waals surface area contributed by atoms with Gasteiger partial charge in [-0.15, -0.1) is 15.3 Å².